The topological polar surface area (TPSA) is 17.3 Å². The number of pyridine rings is 1. The lowest BCUT2D eigenvalue weighted by atomic mass is 10.1. The van der Waals surface area contributed by atoms with Crippen molar-refractivity contribution in [2.24, 2.45) is 0 Å². The van der Waals surface area contributed by atoms with Crippen LogP contribution in [-0.4, -0.2) is 9.38 Å². The molecule has 0 aliphatic carbocycles. The van der Waals surface area contributed by atoms with Crippen molar-refractivity contribution in [3.8, 4) is 11.3 Å². The van der Waals surface area contributed by atoms with E-state index in [1.54, 1.807) is 0 Å². The van der Waals surface area contributed by atoms with Crippen LogP contribution < -0.4 is 0 Å². The molecule has 18 heavy (non-hydrogen) atoms. The highest BCUT2D eigenvalue weighted by Gasteiger charge is 2.03. The second kappa shape index (κ2) is 5.36. The van der Waals surface area contributed by atoms with Gasteiger partial charge in [0, 0.05) is 18.0 Å². The van der Waals surface area contributed by atoms with Gasteiger partial charge in [-0.2, -0.15) is 0 Å². The van der Waals surface area contributed by atoms with Crippen molar-refractivity contribution in [1.29, 1.82) is 0 Å². The van der Waals surface area contributed by atoms with Gasteiger partial charge in [0.25, 0.3) is 0 Å². The van der Waals surface area contributed by atoms with Crippen LogP contribution in [0, 0.1) is 0 Å². The smallest absolute Gasteiger partial charge is 0.137 e. The van der Waals surface area contributed by atoms with Gasteiger partial charge < -0.3 is 4.40 Å². The van der Waals surface area contributed by atoms with Crippen LogP contribution in [0.2, 0.25) is 0 Å². The van der Waals surface area contributed by atoms with E-state index in [0.717, 1.165) is 17.8 Å². The van der Waals surface area contributed by atoms with Crippen LogP contribution in [-0.2, 0) is 6.42 Å². The molecule has 0 bridgehead atoms. The van der Waals surface area contributed by atoms with Gasteiger partial charge in [0.05, 0.1) is 5.69 Å². The molecule has 0 aliphatic rings. The van der Waals surface area contributed by atoms with Crippen molar-refractivity contribution in [2.45, 2.75) is 13.3 Å². The average molecular weight is 303 g/mol. The maximum atomic E-state index is 4.60. The Morgan fingerprint density at radius 3 is 2.50 bits per heavy atom. The molecule has 3 rings (SSSR count). The summed E-state index contributed by atoms with van der Waals surface area (Å²) < 4.78 is 2.04. The summed E-state index contributed by atoms with van der Waals surface area (Å²) in [5, 5.41) is 0. The van der Waals surface area contributed by atoms with E-state index in [9.17, 15) is 0 Å². The molecular weight excluding hydrogens is 288 g/mol. The van der Waals surface area contributed by atoms with Gasteiger partial charge in [-0.25, -0.2) is 4.98 Å². The third-order valence-corrected chi connectivity index (χ3v) is 3.02. The minimum absolute atomic E-state index is 0. The van der Waals surface area contributed by atoms with Gasteiger partial charge >= 0.3 is 0 Å². The quantitative estimate of drug-likeness (QED) is 0.695. The summed E-state index contributed by atoms with van der Waals surface area (Å²) in [6.45, 7) is 2.17. The number of hydrogen-bond donors (Lipinski definition) is 0. The zero-order valence-electron chi connectivity index (χ0n) is 10.2. The second-order valence-corrected chi connectivity index (χ2v) is 4.14. The third kappa shape index (κ3) is 2.31. The van der Waals surface area contributed by atoms with Crippen LogP contribution in [0.15, 0.2) is 54.9 Å². The molecule has 0 atom stereocenters. The third-order valence-electron chi connectivity index (χ3n) is 3.02. The van der Waals surface area contributed by atoms with E-state index < -0.39 is 0 Å². The molecule has 0 saturated heterocycles. The van der Waals surface area contributed by atoms with E-state index in [0.29, 0.717) is 0 Å². The van der Waals surface area contributed by atoms with Crippen LogP contribution in [0.4, 0.5) is 0 Å². The molecule has 0 spiro atoms. The van der Waals surface area contributed by atoms with Gasteiger partial charge in [0.2, 0.25) is 0 Å². The summed E-state index contributed by atoms with van der Waals surface area (Å²) in [5.74, 6) is 0. The van der Waals surface area contributed by atoms with E-state index in [1.807, 2.05) is 28.8 Å². The lowest BCUT2D eigenvalue weighted by Crippen LogP contribution is -1.81. The maximum Gasteiger partial charge on any atom is 0.137 e. The molecule has 1 aromatic carbocycles. The van der Waals surface area contributed by atoms with Crippen molar-refractivity contribution in [3.63, 3.8) is 0 Å². The number of aryl methyl sites for hydroxylation is 1. The standard InChI is InChI=1S/C15H14N2.BrH/c1-2-12-6-8-13(9-7-12)14-11-17-10-4-3-5-15(17)16-14;/h3-11H,2H2,1H3;1H. The summed E-state index contributed by atoms with van der Waals surface area (Å²) in [7, 11) is 0. The second-order valence-electron chi connectivity index (χ2n) is 4.14. The van der Waals surface area contributed by atoms with Crippen LogP contribution in [0.1, 0.15) is 12.5 Å². The van der Waals surface area contributed by atoms with Gasteiger partial charge in [-0.05, 0) is 24.1 Å². The molecule has 3 heteroatoms. The van der Waals surface area contributed by atoms with Crippen LogP contribution >= 0.6 is 17.0 Å². The molecule has 2 aromatic heterocycles. The minimum Gasteiger partial charge on any atom is -0.306 e. The Balaban J connectivity index is 0.00000120. The van der Waals surface area contributed by atoms with Crippen LogP contribution in [0.5, 0.6) is 0 Å². The molecule has 3 aromatic rings. The fraction of sp³-hybridized carbons (Fsp3) is 0.133. The highest BCUT2D eigenvalue weighted by Crippen LogP contribution is 2.19. The molecule has 0 fully saturated rings. The summed E-state index contributed by atoms with van der Waals surface area (Å²) in [5.41, 5.74) is 4.55. The van der Waals surface area contributed by atoms with Crippen molar-refractivity contribution in [2.75, 3.05) is 0 Å². The van der Waals surface area contributed by atoms with Gasteiger partial charge in [-0.3, -0.25) is 0 Å². The van der Waals surface area contributed by atoms with Crippen LogP contribution in [0.3, 0.4) is 0 Å². The molecule has 0 amide bonds. The molecule has 0 aliphatic heterocycles. The first-order valence-corrected chi connectivity index (χ1v) is 5.90. The van der Waals surface area contributed by atoms with E-state index in [-0.39, 0.29) is 17.0 Å². The average Bonchev–Trinajstić information content (AvgIpc) is 2.82. The Kier molecular flexibility index (Phi) is 3.82. The van der Waals surface area contributed by atoms with Crippen molar-refractivity contribution in [3.05, 3.63) is 60.4 Å². The zero-order chi connectivity index (χ0) is 11.7. The number of imidazole rings is 1. The lowest BCUT2D eigenvalue weighted by molar-refractivity contribution is 1.14. The zero-order valence-corrected chi connectivity index (χ0v) is 11.9. The molecule has 0 saturated carbocycles. The Morgan fingerprint density at radius 2 is 1.83 bits per heavy atom. The van der Waals surface area contributed by atoms with E-state index >= 15 is 0 Å². The Hall–Kier alpha value is -1.61. The number of nitrogens with zero attached hydrogens (tertiary/aromatic N) is 2. The molecule has 0 N–H and O–H groups in total. The summed E-state index contributed by atoms with van der Waals surface area (Å²) >= 11 is 0. The predicted molar refractivity (Wildman–Crippen MR) is 80.3 cm³/mol. The normalized spacial score (nSPS) is 10.3. The molecule has 0 unspecified atom stereocenters. The highest BCUT2D eigenvalue weighted by molar-refractivity contribution is 8.93. The Morgan fingerprint density at radius 1 is 1.06 bits per heavy atom. The number of halogens is 1. The Labute approximate surface area is 117 Å². The van der Waals surface area contributed by atoms with Gasteiger partial charge in [-0.1, -0.05) is 37.3 Å². The van der Waals surface area contributed by atoms with Gasteiger partial charge in [0.1, 0.15) is 5.65 Å². The van der Waals surface area contributed by atoms with E-state index in [4.69, 9.17) is 0 Å². The fourth-order valence-electron chi connectivity index (χ4n) is 1.98. The van der Waals surface area contributed by atoms with Crippen LogP contribution in [0.25, 0.3) is 16.9 Å². The van der Waals surface area contributed by atoms with Crippen molar-refractivity contribution < 1.29 is 0 Å². The summed E-state index contributed by atoms with van der Waals surface area (Å²) in [6, 6.07) is 14.6. The molecule has 2 heterocycles. The monoisotopic (exact) mass is 302 g/mol. The number of rotatable bonds is 2. The molecule has 2 nitrogen and oxygen atoms in total. The Bertz CT molecular complexity index is 608. The van der Waals surface area contributed by atoms with Gasteiger partial charge in [-0.15, -0.1) is 17.0 Å². The highest BCUT2D eigenvalue weighted by atomic mass is 79.9. The van der Waals surface area contributed by atoms with E-state index in [2.05, 4.69) is 42.4 Å². The largest absolute Gasteiger partial charge is 0.306 e. The first-order valence-electron chi connectivity index (χ1n) is 5.90. The van der Waals surface area contributed by atoms with Crippen molar-refractivity contribution >= 4 is 22.6 Å². The summed E-state index contributed by atoms with van der Waals surface area (Å²) in [4.78, 5) is 4.60. The molecule has 0 radical (unpaired) electrons. The maximum absolute atomic E-state index is 4.60. The number of fused-ring (bicyclic) bond motifs is 1. The first kappa shape index (κ1) is 12.8. The predicted octanol–water partition coefficient (Wildman–Crippen LogP) is 4.14. The SMILES string of the molecule is Br.CCc1ccc(-c2cn3ccccc3n2)cc1. The minimum atomic E-state index is 0. The number of benzene rings is 1. The summed E-state index contributed by atoms with van der Waals surface area (Å²) in [6.07, 6.45) is 5.16. The number of aromatic nitrogens is 2. The van der Waals surface area contributed by atoms with Gasteiger partial charge in [0.15, 0.2) is 0 Å². The molecular formula is C15H15BrN2. The van der Waals surface area contributed by atoms with Crippen molar-refractivity contribution in [1.82, 2.24) is 9.38 Å². The lowest BCUT2D eigenvalue weighted by Gasteiger charge is -1.98. The fourth-order valence-corrected chi connectivity index (χ4v) is 1.98. The van der Waals surface area contributed by atoms with E-state index in [1.165, 1.54) is 11.1 Å². The molecule has 92 valence electrons. The number of hydrogen-bond acceptors (Lipinski definition) is 1. The first-order chi connectivity index (χ1) is 8.36.